The molecule has 0 saturated heterocycles. The predicted molar refractivity (Wildman–Crippen MR) is 116 cm³/mol. The summed E-state index contributed by atoms with van der Waals surface area (Å²) in [6.45, 7) is 2.68. The van der Waals surface area contributed by atoms with Crippen molar-refractivity contribution in [1.82, 2.24) is 14.3 Å². The molecule has 1 atom stereocenters. The summed E-state index contributed by atoms with van der Waals surface area (Å²) in [5.74, 6) is -0.0327. The molecule has 7 heteroatoms. The van der Waals surface area contributed by atoms with Crippen LogP contribution in [0, 0.1) is 5.92 Å². The zero-order chi connectivity index (χ0) is 20.7. The number of nitrogens with zero attached hydrogens (tertiary/aromatic N) is 5. The van der Waals surface area contributed by atoms with Gasteiger partial charge in [-0.05, 0) is 43.9 Å². The third kappa shape index (κ3) is 3.81. The lowest BCUT2D eigenvalue weighted by Gasteiger charge is -2.29. The highest BCUT2D eigenvalue weighted by Gasteiger charge is 2.31. The summed E-state index contributed by atoms with van der Waals surface area (Å²) in [7, 11) is 6.29. The molecule has 1 fully saturated rings. The molecule has 2 heterocycles. The Hall–Kier alpha value is -2.96. The Balaban J connectivity index is 1.68. The van der Waals surface area contributed by atoms with Gasteiger partial charge in [-0.3, -0.25) is 9.48 Å². The van der Waals surface area contributed by atoms with Crippen molar-refractivity contribution in [2.75, 3.05) is 23.9 Å². The molecular weight excluding hydrogens is 366 g/mol. The maximum absolute atomic E-state index is 10.8. The number of carboxylic acids is 1. The van der Waals surface area contributed by atoms with Gasteiger partial charge in [0, 0.05) is 56.3 Å². The highest BCUT2D eigenvalue weighted by Crippen LogP contribution is 2.40. The molecule has 3 aromatic rings. The zero-order valence-electron chi connectivity index (χ0n) is 17.5. The summed E-state index contributed by atoms with van der Waals surface area (Å²) in [4.78, 5) is 15.3. The van der Waals surface area contributed by atoms with Crippen molar-refractivity contribution in [3.05, 3.63) is 36.8 Å². The summed E-state index contributed by atoms with van der Waals surface area (Å²) in [6.07, 6.45) is 8.49. The standard InChI is InChI=1S/C22H29N5O2/c1-15(16-5-6-16)25(3)21-12-17(11-20-19(21)7-9-24(20)2)26(4)18-13-23-27(14-18)10-8-22(28)29/h7,9,11-16H,5-6,8,10H2,1-4H3,(H,28,29)/t15-/m0/s1. The molecule has 1 aliphatic carbocycles. The Morgan fingerprint density at radius 1 is 1.31 bits per heavy atom. The van der Waals surface area contributed by atoms with E-state index < -0.39 is 5.97 Å². The molecule has 1 aliphatic rings. The van der Waals surface area contributed by atoms with Crippen molar-refractivity contribution in [2.45, 2.75) is 38.8 Å². The second-order valence-electron chi connectivity index (χ2n) is 8.18. The van der Waals surface area contributed by atoms with Crippen LogP contribution in [0.4, 0.5) is 17.1 Å². The number of carbonyl (C=O) groups is 1. The number of carboxylic acid groups (broad SMARTS) is 1. The van der Waals surface area contributed by atoms with Crippen LogP contribution in [-0.4, -0.2) is 45.6 Å². The number of aryl methyl sites for hydroxylation is 2. The van der Waals surface area contributed by atoms with Gasteiger partial charge in [0.1, 0.15) is 0 Å². The van der Waals surface area contributed by atoms with Crippen LogP contribution in [0.3, 0.4) is 0 Å². The lowest BCUT2D eigenvalue weighted by Crippen LogP contribution is -2.30. The van der Waals surface area contributed by atoms with Crippen molar-refractivity contribution in [3.8, 4) is 0 Å². The molecule has 4 rings (SSSR count). The minimum absolute atomic E-state index is 0.0636. The lowest BCUT2D eigenvalue weighted by atomic mass is 10.1. The average Bonchev–Trinajstić information content (AvgIpc) is 3.34. The topological polar surface area (TPSA) is 66.5 Å². The van der Waals surface area contributed by atoms with Gasteiger partial charge in [-0.25, -0.2) is 0 Å². The van der Waals surface area contributed by atoms with Crippen molar-refractivity contribution in [3.63, 3.8) is 0 Å². The van der Waals surface area contributed by atoms with Crippen molar-refractivity contribution in [1.29, 1.82) is 0 Å². The Kier molecular flexibility index (Phi) is 4.98. The first-order valence-corrected chi connectivity index (χ1v) is 10.1. The van der Waals surface area contributed by atoms with Gasteiger partial charge in [0.15, 0.2) is 0 Å². The van der Waals surface area contributed by atoms with Gasteiger partial charge < -0.3 is 19.5 Å². The Bertz CT molecular complexity index is 1030. The number of hydrogen-bond acceptors (Lipinski definition) is 4. The zero-order valence-corrected chi connectivity index (χ0v) is 17.5. The molecule has 1 aromatic carbocycles. The molecule has 1 N–H and O–H groups in total. The SMILES string of the molecule is C[C@@H](C1CC1)N(C)c1cc(N(C)c2cnn(CCC(=O)O)c2)cc2c1ccn2C. The first-order chi connectivity index (χ1) is 13.8. The molecule has 0 amide bonds. The minimum atomic E-state index is -0.818. The van der Waals surface area contributed by atoms with E-state index in [4.69, 9.17) is 5.11 Å². The van der Waals surface area contributed by atoms with Crippen LogP contribution in [0.25, 0.3) is 10.9 Å². The summed E-state index contributed by atoms with van der Waals surface area (Å²) in [5.41, 5.74) is 4.45. The van der Waals surface area contributed by atoms with Crippen LogP contribution >= 0.6 is 0 Å². The molecule has 0 spiro atoms. The molecule has 1 saturated carbocycles. The molecule has 0 radical (unpaired) electrons. The minimum Gasteiger partial charge on any atom is -0.481 e. The molecular formula is C22H29N5O2. The lowest BCUT2D eigenvalue weighted by molar-refractivity contribution is -0.137. The average molecular weight is 396 g/mol. The van der Waals surface area contributed by atoms with Crippen LogP contribution in [0.5, 0.6) is 0 Å². The fraction of sp³-hybridized carbons (Fsp3) is 0.455. The Morgan fingerprint density at radius 3 is 2.76 bits per heavy atom. The van der Waals surface area contributed by atoms with E-state index in [1.54, 1.807) is 10.9 Å². The number of anilines is 3. The summed E-state index contributed by atoms with van der Waals surface area (Å²) < 4.78 is 3.84. The Morgan fingerprint density at radius 2 is 2.07 bits per heavy atom. The summed E-state index contributed by atoms with van der Waals surface area (Å²) in [6, 6.07) is 7.14. The molecule has 7 nitrogen and oxygen atoms in total. The third-order valence-corrected chi connectivity index (χ3v) is 6.21. The van der Waals surface area contributed by atoms with Crippen molar-refractivity contribution >= 4 is 33.9 Å². The second-order valence-corrected chi connectivity index (χ2v) is 8.18. The molecule has 0 aliphatic heterocycles. The first-order valence-electron chi connectivity index (χ1n) is 10.1. The van der Waals surface area contributed by atoms with Gasteiger partial charge in [-0.15, -0.1) is 0 Å². The predicted octanol–water partition coefficient (Wildman–Crippen LogP) is 3.85. The van der Waals surface area contributed by atoms with Gasteiger partial charge in [-0.2, -0.15) is 5.10 Å². The number of benzene rings is 1. The molecule has 154 valence electrons. The van der Waals surface area contributed by atoms with Gasteiger partial charge >= 0.3 is 5.97 Å². The van der Waals surface area contributed by atoms with E-state index in [0.29, 0.717) is 12.6 Å². The second kappa shape index (κ2) is 7.46. The highest BCUT2D eigenvalue weighted by atomic mass is 16.4. The maximum Gasteiger partial charge on any atom is 0.305 e. The Labute approximate surface area is 171 Å². The molecule has 0 bridgehead atoms. The molecule has 2 aromatic heterocycles. The van der Waals surface area contributed by atoms with E-state index in [-0.39, 0.29) is 6.42 Å². The normalized spacial score (nSPS) is 14.9. The number of rotatable bonds is 8. The van der Waals surface area contributed by atoms with E-state index in [0.717, 1.165) is 17.3 Å². The third-order valence-electron chi connectivity index (χ3n) is 6.21. The van der Waals surface area contributed by atoms with Gasteiger partial charge in [0.2, 0.25) is 0 Å². The number of fused-ring (bicyclic) bond motifs is 1. The monoisotopic (exact) mass is 395 g/mol. The van der Waals surface area contributed by atoms with E-state index >= 15 is 0 Å². The van der Waals surface area contributed by atoms with Gasteiger partial charge in [0.05, 0.1) is 30.4 Å². The molecule has 0 unspecified atom stereocenters. The van der Waals surface area contributed by atoms with Crippen LogP contribution < -0.4 is 9.80 Å². The van der Waals surface area contributed by atoms with E-state index in [1.165, 1.54) is 29.4 Å². The fourth-order valence-corrected chi connectivity index (χ4v) is 3.94. The quantitative estimate of drug-likeness (QED) is 0.627. The van der Waals surface area contributed by atoms with Crippen molar-refractivity contribution in [2.24, 2.45) is 13.0 Å². The number of aromatic nitrogens is 3. The number of aliphatic carboxylic acids is 1. The van der Waals surface area contributed by atoms with Crippen LogP contribution in [0.1, 0.15) is 26.2 Å². The van der Waals surface area contributed by atoms with Crippen LogP contribution in [0.15, 0.2) is 36.8 Å². The smallest absolute Gasteiger partial charge is 0.305 e. The van der Waals surface area contributed by atoms with Crippen LogP contribution in [0.2, 0.25) is 0 Å². The maximum atomic E-state index is 10.8. The van der Waals surface area contributed by atoms with Gasteiger partial charge in [0.25, 0.3) is 0 Å². The van der Waals surface area contributed by atoms with Gasteiger partial charge in [-0.1, -0.05) is 0 Å². The number of hydrogen-bond donors (Lipinski definition) is 1. The fourth-order valence-electron chi connectivity index (χ4n) is 3.94. The largest absolute Gasteiger partial charge is 0.481 e. The summed E-state index contributed by atoms with van der Waals surface area (Å²) in [5, 5.41) is 14.5. The first kappa shape index (κ1) is 19.4. The summed E-state index contributed by atoms with van der Waals surface area (Å²) >= 11 is 0. The van der Waals surface area contributed by atoms with Crippen LogP contribution in [-0.2, 0) is 18.4 Å². The van der Waals surface area contributed by atoms with E-state index in [9.17, 15) is 4.79 Å². The highest BCUT2D eigenvalue weighted by molar-refractivity contribution is 5.96. The van der Waals surface area contributed by atoms with E-state index in [2.05, 4.69) is 64.9 Å². The molecule has 29 heavy (non-hydrogen) atoms. The van der Waals surface area contributed by atoms with E-state index in [1.807, 2.05) is 13.2 Å². The van der Waals surface area contributed by atoms with Crippen molar-refractivity contribution < 1.29 is 9.90 Å².